The van der Waals surface area contributed by atoms with Gasteiger partial charge in [0.05, 0.1) is 13.7 Å². The Labute approximate surface area is 135 Å². The summed E-state index contributed by atoms with van der Waals surface area (Å²) in [4.78, 5) is 22.1. The van der Waals surface area contributed by atoms with E-state index >= 15 is 0 Å². The first kappa shape index (κ1) is 15.6. The molecular formula is C17H21N3O3. The molecule has 1 saturated carbocycles. The van der Waals surface area contributed by atoms with Crippen molar-refractivity contribution in [2.24, 2.45) is 0 Å². The second-order valence-corrected chi connectivity index (χ2v) is 5.74. The lowest BCUT2D eigenvalue weighted by molar-refractivity contribution is 0.0701. The molecule has 1 aliphatic rings. The molecule has 3 rings (SSSR count). The van der Waals surface area contributed by atoms with E-state index in [0.29, 0.717) is 18.1 Å². The average Bonchev–Trinajstić information content (AvgIpc) is 3.33. The number of aromatic nitrogens is 2. The lowest BCUT2D eigenvalue weighted by Crippen LogP contribution is -2.36. The normalized spacial score (nSPS) is 13.9. The van der Waals surface area contributed by atoms with E-state index in [-0.39, 0.29) is 18.6 Å². The van der Waals surface area contributed by atoms with Crippen LogP contribution in [0.1, 0.15) is 29.0 Å². The lowest BCUT2D eigenvalue weighted by atomic mass is 10.2. The van der Waals surface area contributed by atoms with Crippen LogP contribution < -0.4 is 4.74 Å². The fourth-order valence-electron chi connectivity index (χ4n) is 2.66. The molecule has 0 unspecified atom stereocenters. The van der Waals surface area contributed by atoms with Crippen molar-refractivity contribution >= 4 is 5.91 Å². The lowest BCUT2D eigenvalue weighted by Gasteiger charge is -2.20. The predicted molar refractivity (Wildman–Crippen MR) is 86.5 cm³/mol. The van der Waals surface area contributed by atoms with Crippen molar-refractivity contribution < 1.29 is 14.6 Å². The number of H-pyrrole nitrogens is 1. The van der Waals surface area contributed by atoms with Crippen molar-refractivity contribution in [3.05, 3.63) is 35.7 Å². The number of hydrogen-bond acceptors (Lipinski definition) is 4. The fourth-order valence-corrected chi connectivity index (χ4v) is 2.66. The van der Waals surface area contributed by atoms with Crippen molar-refractivity contribution in [3.8, 4) is 17.1 Å². The third-order valence-corrected chi connectivity index (χ3v) is 4.02. The third kappa shape index (κ3) is 3.22. The molecule has 1 aromatic heterocycles. The Balaban J connectivity index is 1.89. The second kappa shape index (κ2) is 6.42. The maximum Gasteiger partial charge on any atom is 0.274 e. The molecule has 0 bridgehead atoms. The van der Waals surface area contributed by atoms with Gasteiger partial charge in [0.25, 0.3) is 5.91 Å². The molecule has 0 spiro atoms. The van der Waals surface area contributed by atoms with E-state index < -0.39 is 0 Å². The summed E-state index contributed by atoms with van der Waals surface area (Å²) in [6.07, 6.45) is 2.00. The Morgan fingerprint density at radius 2 is 2.26 bits per heavy atom. The Bertz CT molecular complexity index is 707. The summed E-state index contributed by atoms with van der Waals surface area (Å²) in [6, 6.07) is 7.78. The van der Waals surface area contributed by atoms with Crippen molar-refractivity contribution in [1.29, 1.82) is 0 Å². The van der Waals surface area contributed by atoms with Crippen LogP contribution in [0.3, 0.4) is 0 Å². The number of nitrogens with one attached hydrogen (secondary N) is 1. The number of aliphatic hydroxyl groups excluding tert-OH is 1. The topological polar surface area (TPSA) is 78.4 Å². The summed E-state index contributed by atoms with van der Waals surface area (Å²) in [5.74, 6) is 1.26. The maximum absolute atomic E-state index is 12.7. The zero-order valence-corrected chi connectivity index (χ0v) is 13.4. The molecule has 6 nitrogen and oxygen atoms in total. The molecule has 2 N–H and O–H groups in total. The van der Waals surface area contributed by atoms with Crippen molar-refractivity contribution in [2.45, 2.75) is 25.8 Å². The number of carbonyl (C=O) groups is 1. The molecule has 0 radical (unpaired) electrons. The van der Waals surface area contributed by atoms with Crippen molar-refractivity contribution in [2.75, 3.05) is 20.3 Å². The van der Waals surface area contributed by atoms with Crippen LogP contribution >= 0.6 is 0 Å². The number of carbonyl (C=O) groups excluding carboxylic acids is 1. The minimum Gasteiger partial charge on any atom is -0.497 e. The molecule has 2 aromatic rings. The molecular weight excluding hydrogens is 294 g/mol. The minimum atomic E-state index is -0.121. The molecule has 1 heterocycles. The van der Waals surface area contributed by atoms with Gasteiger partial charge in [0.15, 0.2) is 0 Å². The van der Waals surface area contributed by atoms with Crippen molar-refractivity contribution in [1.82, 2.24) is 14.9 Å². The minimum absolute atomic E-state index is 0.0333. The molecule has 23 heavy (non-hydrogen) atoms. The third-order valence-electron chi connectivity index (χ3n) is 4.02. The van der Waals surface area contributed by atoms with Crippen LogP contribution in [0.2, 0.25) is 0 Å². The molecule has 1 amide bonds. The number of hydrogen-bond donors (Lipinski definition) is 2. The molecule has 1 aliphatic carbocycles. The Kier molecular flexibility index (Phi) is 4.34. The molecule has 122 valence electrons. The van der Waals surface area contributed by atoms with Crippen LogP contribution in [0.25, 0.3) is 11.4 Å². The van der Waals surface area contributed by atoms with E-state index in [1.807, 2.05) is 31.2 Å². The second-order valence-electron chi connectivity index (χ2n) is 5.74. The number of methoxy groups -OCH3 is 1. The number of imidazole rings is 1. The smallest absolute Gasteiger partial charge is 0.274 e. The Morgan fingerprint density at radius 1 is 1.48 bits per heavy atom. The number of aliphatic hydroxyl groups is 1. The van der Waals surface area contributed by atoms with Crippen LogP contribution in [0.5, 0.6) is 5.75 Å². The highest BCUT2D eigenvalue weighted by molar-refractivity contribution is 5.94. The number of aryl methyl sites for hydroxylation is 1. The summed E-state index contributed by atoms with van der Waals surface area (Å²) in [5, 5.41) is 9.18. The first-order chi connectivity index (χ1) is 11.1. The van der Waals surface area contributed by atoms with Gasteiger partial charge in [-0.25, -0.2) is 4.98 Å². The van der Waals surface area contributed by atoms with Gasteiger partial charge >= 0.3 is 0 Å². The zero-order valence-electron chi connectivity index (χ0n) is 13.4. The van der Waals surface area contributed by atoms with Gasteiger partial charge in [-0.3, -0.25) is 4.79 Å². The predicted octanol–water partition coefficient (Wildman–Crippen LogP) is 1.99. The van der Waals surface area contributed by atoms with E-state index in [2.05, 4.69) is 9.97 Å². The van der Waals surface area contributed by atoms with Gasteiger partial charge in [0.1, 0.15) is 17.3 Å². The monoisotopic (exact) mass is 315 g/mol. The summed E-state index contributed by atoms with van der Waals surface area (Å²) in [6.45, 7) is 2.16. The number of nitrogens with zero attached hydrogens (tertiary/aromatic N) is 2. The zero-order chi connectivity index (χ0) is 16.4. The van der Waals surface area contributed by atoms with E-state index in [4.69, 9.17) is 4.74 Å². The van der Waals surface area contributed by atoms with Crippen LogP contribution in [0, 0.1) is 6.92 Å². The molecule has 1 aromatic carbocycles. The average molecular weight is 315 g/mol. The number of aromatic amines is 1. The van der Waals surface area contributed by atoms with E-state index in [0.717, 1.165) is 29.8 Å². The molecule has 6 heteroatoms. The highest BCUT2D eigenvalue weighted by Gasteiger charge is 2.34. The fraction of sp³-hybridized carbons (Fsp3) is 0.412. The van der Waals surface area contributed by atoms with Crippen LogP contribution in [0.4, 0.5) is 0 Å². The van der Waals surface area contributed by atoms with Crippen LogP contribution in [0.15, 0.2) is 24.3 Å². The summed E-state index contributed by atoms with van der Waals surface area (Å²) in [5.41, 5.74) is 2.02. The quantitative estimate of drug-likeness (QED) is 0.854. The number of rotatable bonds is 6. The highest BCUT2D eigenvalue weighted by atomic mass is 16.5. The van der Waals surface area contributed by atoms with E-state index in [1.54, 1.807) is 12.0 Å². The van der Waals surface area contributed by atoms with E-state index in [1.165, 1.54) is 0 Å². The molecule has 1 fully saturated rings. The molecule has 0 saturated heterocycles. The van der Waals surface area contributed by atoms with Gasteiger partial charge in [-0.2, -0.15) is 0 Å². The Hall–Kier alpha value is -2.34. The number of amides is 1. The SMILES string of the molecule is COc1cccc(-c2nc(C(=O)N(CCO)C3CC3)c(C)[nH]2)c1. The van der Waals surface area contributed by atoms with Gasteiger partial charge in [0, 0.05) is 23.8 Å². The largest absolute Gasteiger partial charge is 0.497 e. The van der Waals surface area contributed by atoms with Crippen LogP contribution in [-0.2, 0) is 0 Å². The van der Waals surface area contributed by atoms with E-state index in [9.17, 15) is 9.90 Å². The number of ether oxygens (including phenoxy) is 1. The Morgan fingerprint density at radius 3 is 2.91 bits per heavy atom. The summed E-state index contributed by atoms with van der Waals surface area (Å²) in [7, 11) is 1.61. The highest BCUT2D eigenvalue weighted by Crippen LogP contribution is 2.29. The number of benzene rings is 1. The van der Waals surface area contributed by atoms with Gasteiger partial charge in [0.2, 0.25) is 0 Å². The summed E-state index contributed by atoms with van der Waals surface area (Å²) < 4.78 is 5.23. The maximum atomic E-state index is 12.7. The van der Waals surface area contributed by atoms with Gasteiger partial charge < -0.3 is 19.7 Å². The first-order valence-corrected chi connectivity index (χ1v) is 7.77. The van der Waals surface area contributed by atoms with Gasteiger partial charge in [-0.05, 0) is 31.9 Å². The van der Waals surface area contributed by atoms with Crippen LogP contribution in [-0.4, -0.2) is 52.2 Å². The first-order valence-electron chi connectivity index (χ1n) is 7.77. The molecule has 0 atom stereocenters. The molecule has 0 aliphatic heterocycles. The van der Waals surface area contributed by atoms with Gasteiger partial charge in [-0.1, -0.05) is 12.1 Å². The summed E-state index contributed by atoms with van der Waals surface area (Å²) >= 11 is 0. The van der Waals surface area contributed by atoms with Crippen molar-refractivity contribution in [3.63, 3.8) is 0 Å². The standard InChI is InChI=1S/C17H21N3O3/c1-11-15(17(22)20(8-9-21)13-6-7-13)19-16(18-11)12-4-3-5-14(10-12)23-2/h3-5,10,13,21H,6-9H2,1-2H3,(H,18,19). The van der Waals surface area contributed by atoms with Gasteiger partial charge in [-0.15, -0.1) is 0 Å².